The van der Waals surface area contributed by atoms with Gasteiger partial charge in [-0.2, -0.15) is 13.2 Å². The molecule has 2 fully saturated rings. The van der Waals surface area contributed by atoms with Crippen LogP contribution in [-0.2, 0) is 18.6 Å². The highest BCUT2D eigenvalue weighted by Gasteiger charge is 2.60. The van der Waals surface area contributed by atoms with E-state index < -0.39 is 11.7 Å². The van der Waals surface area contributed by atoms with E-state index in [4.69, 9.17) is 0 Å². The smallest absolute Gasteiger partial charge is 0.305 e. The van der Waals surface area contributed by atoms with E-state index in [0.717, 1.165) is 76.9 Å². The molecule has 2 atom stereocenters. The Labute approximate surface area is 218 Å². The highest BCUT2D eigenvalue weighted by Crippen LogP contribution is 2.59. The highest BCUT2D eigenvalue weighted by atomic mass is 32.2. The lowest BCUT2D eigenvalue weighted by Crippen LogP contribution is -2.28. The Hall–Kier alpha value is -2.91. The maximum Gasteiger partial charge on any atom is 0.416 e. The molecule has 3 heterocycles. The Morgan fingerprint density at radius 3 is 2.65 bits per heavy atom. The van der Waals surface area contributed by atoms with Gasteiger partial charge in [-0.05, 0) is 74.2 Å². The normalized spacial score (nSPS) is 21.5. The van der Waals surface area contributed by atoms with Crippen molar-refractivity contribution < 1.29 is 13.2 Å². The summed E-state index contributed by atoms with van der Waals surface area (Å²) in [4.78, 5) is 7.03. The summed E-state index contributed by atoms with van der Waals surface area (Å²) in [5, 5.41) is 10.8. The average Bonchev–Trinajstić information content (AvgIpc) is 3.25. The number of likely N-dealkylation sites (tertiary alicyclic amines) is 1. The fourth-order valence-electron chi connectivity index (χ4n) is 5.71. The minimum Gasteiger partial charge on any atom is -0.305 e. The molecule has 0 radical (unpaired) electrons. The monoisotopic (exact) mass is 523 g/mol. The van der Waals surface area contributed by atoms with E-state index in [9.17, 15) is 13.2 Å². The summed E-state index contributed by atoms with van der Waals surface area (Å²) in [5.74, 6) is 2.32. The van der Waals surface area contributed by atoms with Crippen molar-refractivity contribution in [3.63, 3.8) is 0 Å². The second-order valence-electron chi connectivity index (χ2n) is 10.3. The number of aryl methyl sites for hydroxylation is 1. The van der Waals surface area contributed by atoms with E-state index in [1.165, 1.54) is 12.1 Å². The van der Waals surface area contributed by atoms with Crippen LogP contribution in [0.2, 0.25) is 0 Å². The first-order chi connectivity index (χ1) is 17.7. The molecule has 9 heteroatoms. The van der Waals surface area contributed by atoms with Gasteiger partial charge in [0.1, 0.15) is 0 Å². The van der Waals surface area contributed by atoms with E-state index in [1.54, 1.807) is 23.9 Å². The van der Waals surface area contributed by atoms with E-state index in [-0.39, 0.29) is 5.41 Å². The van der Waals surface area contributed by atoms with Gasteiger partial charge in [0.15, 0.2) is 11.0 Å². The summed E-state index contributed by atoms with van der Waals surface area (Å²) in [6, 6.07) is 16.1. The van der Waals surface area contributed by atoms with Gasteiger partial charge in [0.25, 0.3) is 0 Å². The molecule has 5 nitrogen and oxygen atoms in total. The van der Waals surface area contributed by atoms with Crippen molar-refractivity contribution >= 4 is 22.7 Å². The van der Waals surface area contributed by atoms with Crippen LogP contribution in [0.25, 0.3) is 22.3 Å². The van der Waals surface area contributed by atoms with Crippen LogP contribution in [0.1, 0.15) is 29.7 Å². The molecule has 2 aliphatic rings. The summed E-state index contributed by atoms with van der Waals surface area (Å²) in [7, 11) is 2.00. The SMILES string of the molecule is Cc1ccc2cc(-c3nnc(SCCCN4CC5CC5(c5ccc(C(F)(F)F)cc5)C4)n3C)ccc2n1. The number of benzene rings is 2. The largest absolute Gasteiger partial charge is 0.416 e. The Morgan fingerprint density at radius 1 is 1.05 bits per heavy atom. The van der Waals surface area contributed by atoms with Gasteiger partial charge in [-0.3, -0.25) is 4.98 Å². The van der Waals surface area contributed by atoms with Crippen LogP contribution in [0, 0.1) is 12.8 Å². The molecular formula is C28H28F3N5S. The highest BCUT2D eigenvalue weighted by molar-refractivity contribution is 7.99. The number of piperidine rings is 1. The van der Waals surface area contributed by atoms with Crippen LogP contribution in [0.3, 0.4) is 0 Å². The number of hydrogen-bond donors (Lipinski definition) is 0. The number of alkyl halides is 3. The maximum absolute atomic E-state index is 12.9. The van der Waals surface area contributed by atoms with E-state index in [1.807, 2.05) is 36.7 Å². The zero-order valence-electron chi connectivity index (χ0n) is 20.8. The molecule has 6 rings (SSSR count). The molecule has 4 aromatic rings. The number of aromatic nitrogens is 4. The number of hydrogen-bond acceptors (Lipinski definition) is 5. The van der Waals surface area contributed by atoms with Crippen molar-refractivity contribution in [2.45, 2.75) is 36.5 Å². The zero-order valence-corrected chi connectivity index (χ0v) is 21.6. The molecule has 0 bridgehead atoms. The van der Waals surface area contributed by atoms with E-state index in [2.05, 4.69) is 32.2 Å². The second-order valence-corrected chi connectivity index (χ2v) is 11.4. The number of pyridine rings is 1. The zero-order chi connectivity index (χ0) is 25.8. The fraction of sp³-hybridized carbons (Fsp3) is 0.393. The summed E-state index contributed by atoms with van der Waals surface area (Å²) in [5.41, 5.74) is 3.51. The lowest BCUT2D eigenvalue weighted by Gasteiger charge is -2.21. The molecular weight excluding hydrogens is 495 g/mol. The molecule has 1 saturated carbocycles. The lowest BCUT2D eigenvalue weighted by molar-refractivity contribution is -0.137. The minimum absolute atomic E-state index is 0.0455. The Bertz CT molecular complexity index is 1450. The molecule has 0 spiro atoms. The summed E-state index contributed by atoms with van der Waals surface area (Å²) in [6.07, 6.45) is -2.19. The summed E-state index contributed by atoms with van der Waals surface area (Å²) in [6.45, 7) is 4.92. The van der Waals surface area contributed by atoms with E-state index >= 15 is 0 Å². The quantitative estimate of drug-likeness (QED) is 0.216. The predicted octanol–water partition coefficient (Wildman–Crippen LogP) is 6.11. The van der Waals surface area contributed by atoms with Crippen molar-refractivity contribution in [2.75, 3.05) is 25.4 Å². The van der Waals surface area contributed by atoms with Crippen LogP contribution in [0.5, 0.6) is 0 Å². The maximum atomic E-state index is 12.9. The number of rotatable bonds is 7. The van der Waals surface area contributed by atoms with Crippen LogP contribution < -0.4 is 0 Å². The van der Waals surface area contributed by atoms with Gasteiger partial charge in [-0.15, -0.1) is 10.2 Å². The Kier molecular flexibility index (Phi) is 6.03. The molecule has 1 aliphatic carbocycles. The molecule has 192 valence electrons. The molecule has 1 saturated heterocycles. The molecule has 2 aromatic heterocycles. The number of thioether (sulfide) groups is 1. The fourth-order valence-corrected chi connectivity index (χ4v) is 6.54. The summed E-state index contributed by atoms with van der Waals surface area (Å²) >= 11 is 1.71. The van der Waals surface area contributed by atoms with Crippen LogP contribution in [0.15, 0.2) is 59.8 Å². The molecule has 0 N–H and O–H groups in total. The first kappa shape index (κ1) is 24.4. The topological polar surface area (TPSA) is 46.8 Å². The molecule has 1 aliphatic heterocycles. The van der Waals surface area contributed by atoms with E-state index in [0.29, 0.717) is 5.92 Å². The molecule has 0 amide bonds. The number of fused-ring (bicyclic) bond motifs is 2. The standard InChI is InChI=1S/C28H28F3N5S/c1-18-4-5-19-14-20(6-11-24(19)32-18)25-33-34-26(35(25)2)37-13-3-12-36-16-23-15-27(23,17-36)21-7-9-22(10-8-21)28(29,30)31/h4-11,14,23H,3,12-13,15-17H2,1-2H3. The van der Waals surface area contributed by atoms with Crippen molar-refractivity contribution in [3.8, 4) is 11.4 Å². The Balaban J connectivity index is 1.03. The molecule has 37 heavy (non-hydrogen) atoms. The van der Waals surface area contributed by atoms with Gasteiger partial charge in [-0.25, -0.2) is 0 Å². The number of halogens is 3. The second kappa shape index (κ2) is 9.13. The van der Waals surface area contributed by atoms with Gasteiger partial charge in [-0.1, -0.05) is 30.0 Å². The first-order valence-corrected chi connectivity index (χ1v) is 13.5. The van der Waals surface area contributed by atoms with Gasteiger partial charge < -0.3 is 9.47 Å². The van der Waals surface area contributed by atoms with Gasteiger partial charge in [0.05, 0.1) is 11.1 Å². The third-order valence-electron chi connectivity index (χ3n) is 7.77. The number of nitrogens with zero attached hydrogens (tertiary/aromatic N) is 5. The Morgan fingerprint density at radius 2 is 1.86 bits per heavy atom. The molecule has 2 aromatic carbocycles. The predicted molar refractivity (Wildman–Crippen MR) is 139 cm³/mol. The van der Waals surface area contributed by atoms with Crippen LogP contribution in [0.4, 0.5) is 13.2 Å². The van der Waals surface area contributed by atoms with Crippen LogP contribution in [-0.4, -0.2) is 50.0 Å². The van der Waals surface area contributed by atoms with Gasteiger partial charge in [0.2, 0.25) is 0 Å². The third-order valence-corrected chi connectivity index (χ3v) is 8.88. The van der Waals surface area contributed by atoms with Crippen LogP contribution >= 0.6 is 11.8 Å². The average molecular weight is 524 g/mol. The summed E-state index contributed by atoms with van der Waals surface area (Å²) < 4.78 is 40.8. The molecule has 2 unspecified atom stereocenters. The van der Waals surface area contributed by atoms with Gasteiger partial charge in [0, 0.05) is 47.9 Å². The van der Waals surface area contributed by atoms with Gasteiger partial charge >= 0.3 is 6.18 Å². The first-order valence-electron chi connectivity index (χ1n) is 12.5. The van der Waals surface area contributed by atoms with Crippen molar-refractivity contribution in [2.24, 2.45) is 13.0 Å². The van der Waals surface area contributed by atoms with Crippen molar-refractivity contribution in [3.05, 3.63) is 71.4 Å². The third kappa shape index (κ3) is 4.63. The van der Waals surface area contributed by atoms with Crippen molar-refractivity contribution in [1.29, 1.82) is 0 Å². The minimum atomic E-state index is -4.28. The lowest BCUT2D eigenvalue weighted by atomic mass is 9.94. The van der Waals surface area contributed by atoms with Crippen molar-refractivity contribution in [1.82, 2.24) is 24.6 Å².